The van der Waals surface area contributed by atoms with E-state index in [-0.39, 0.29) is 0 Å². The van der Waals surface area contributed by atoms with Crippen molar-refractivity contribution in [2.75, 3.05) is 7.11 Å². The fourth-order valence-electron chi connectivity index (χ4n) is 3.42. The number of nitrogens with one attached hydrogen (secondary N) is 1. The van der Waals surface area contributed by atoms with Gasteiger partial charge in [0, 0.05) is 12.1 Å². The molecule has 1 N–H and O–H groups in total. The lowest BCUT2D eigenvalue weighted by Crippen LogP contribution is -2.21. The highest BCUT2D eigenvalue weighted by atomic mass is 16.5. The van der Waals surface area contributed by atoms with Gasteiger partial charge in [0.15, 0.2) is 0 Å². The molecule has 0 aliphatic carbocycles. The monoisotopic (exact) mass is 271 g/mol. The Kier molecular flexibility index (Phi) is 2.73. The van der Waals surface area contributed by atoms with Gasteiger partial charge in [0.2, 0.25) is 11.7 Å². The number of ether oxygens (including phenoxy) is 1. The Morgan fingerprint density at radius 2 is 2.20 bits per heavy atom. The minimum atomic E-state index is 0.365. The Bertz CT molecular complexity index is 625. The number of nitrogens with zero attached hydrogens (tertiary/aromatic N) is 2. The molecule has 3 heterocycles. The molecular weight excluding hydrogens is 254 g/mol. The molecule has 104 valence electrons. The van der Waals surface area contributed by atoms with Gasteiger partial charge in [-0.1, -0.05) is 17.3 Å². The molecule has 0 amide bonds. The zero-order chi connectivity index (χ0) is 13.5. The predicted octanol–water partition coefficient (Wildman–Crippen LogP) is 2.35. The summed E-state index contributed by atoms with van der Waals surface area (Å²) in [7, 11) is 1.65. The van der Waals surface area contributed by atoms with E-state index in [4.69, 9.17) is 9.26 Å². The molecule has 3 unspecified atom stereocenters. The Morgan fingerprint density at radius 3 is 2.95 bits per heavy atom. The average molecular weight is 271 g/mol. The molecule has 1 aromatic carbocycles. The molecule has 0 spiro atoms. The van der Waals surface area contributed by atoms with Crippen LogP contribution in [0.4, 0.5) is 0 Å². The molecule has 3 atom stereocenters. The summed E-state index contributed by atoms with van der Waals surface area (Å²) in [5.41, 5.74) is 0.876. The first kappa shape index (κ1) is 11.9. The van der Waals surface area contributed by atoms with E-state index in [0.29, 0.717) is 23.8 Å². The first-order valence-corrected chi connectivity index (χ1v) is 7.08. The fourth-order valence-corrected chi connectivity index (χ4v) is 3.42. The second-order valence-corrected chi connectivity index (χ2v) is 5.55. The van der Waals surface area contributed by atoms with E-state index in [0.717, 1.165) is 23.6 Å². The minimum Gasteiger partial charge on any atom is -0.496 e. The summed E-state index contributed by atoms with van der Waals surface area (Å²) in [5, 5.41) is 7.72. The smallest absolute Gasteiger partial charge is 0.231 e. The number of rotatable bonds is 3. The van der Waals surface area contributed by atoms with E-state index < -0.39 is 0 Å². The molecular formula is C15H17N3O2. The van der Waals surface area contributed by atoms with Crippen LogP contribution in [-0.2, 0) is 0 Å². The highest BCUT2D eigenvalue weighted by Gasteiger charge is 2.42. The van der Waals surface area contributed by atoms with Crippen LogP contribution in [0, 0.1) is 0 Å². The predicted molar refractivity (Wildman–Crippen MR) is 73.6 cm³/mol. The van der Waals surface area contributed by atoms with Gasteiger partial charge in [0.25, 0.3) is 0 Å². The second kappa shape index (κ2) is 4.59. The van der Waals surface area contributed by atoms with E-state index in [1.807, 2.05) is 24.3 Å². The maximum absolute atomic E-state index is 5.50. The van der Waals surface area contributed by atoms with Crippen LogP contribution in [0.2, 0.25) is 0 Å². The third kappa shape index (κ3) is 1.81. The third-order valence-corrected chi connectivity index (χ3v) is 4.41. The van der Waals surface area contributed by atoms with Crippen molar-refractivity contribution < 1.29 is 9.26 Å². The van der Waals surface area contributed by atoms with E-state index >= 15 is 0 Å². The van der Waals surface area contributed by atoms with Crippen LogP contribution in [0.3, 0.4) is 0 Å². The van der Waals surface area contributed by atoms with Gasteiger partial charge >= 0.3 is 0 Å². The Balaban J connectivity index is 1.65. The largest absolute Gasteiger partial charge is 0.496 e. The molecule has 2 aliphatic rings. The van der Waals surface area contributed by atoms with Crippen molar-refractivity contribution in [1.82, 2.24) is 15.5 Å². The van der Waals surface area contributed by atoms with Gasteiger partial charge in [-0.25, -0.2) is 0 Å². The van der Waals surface area contributed by atoms with Crippen molar-refractivity contribution in [3.63, 3.8) is 0 Å². The van der Waals surface area contributed by atoms with Crippen molar-refractivity contribution in [1.29, 1.82) is 0 Å². The summed E-state index contributed by atoms with van der Waals surface area (Å²) in [6.45, 7) is 0. The van der Waals surface area contributed by atoms with E-state index in [1.54, 1.807) is 7.11 Å². The lowest BCUT2D eigenvalue weighted by atomic mass is 9.89. The SMILES string of the molecule is COc1ccccc1-c1noc(C2CC3CCC2N3)n1. The van der Waals surface area contributed by atoms with Gasteiger partial charge in [0.1, 0.15) is 5.75 Å². The Morgan fingerprint density at radius 1 is 1.30 bits per heavy atom. The summed E-state index contributed by atoms with van der Waals surface area (Å²) >= 11 is 0. The molecule has 0 saturated carbocycles. The van der Waals surface area contributed by atoms with Crippen LogP contribution in [0.15, 0.2) is 28.8 Å². The lowest BCUT2D eigenvalue weighted by Gasteiger charge is -2.15. The van der Waals surface area contributed by atoms with Crippen molar-refractivity contribution in [2.24, 2.45) is 0 Å². The van der Waals surface area contributed by atoms with E-state index in [1.165, 1.54) is 12.8 Å². The Hall–Kier alpha value is -1.88. The molecule has 20 heavy (non-hydrogen) atoms. The van der Waals surface area contributed by atoms with Crippen LogP contribution in [0.25, 0.3) is 11.4 Å². The number of methoxy groups -OCH3 is 1. The second-order valence-electron chi connectivity index (χ2n) is 5.55. The molecule has 2 aliphatic heterocycles. The first-order chi connectivity index (χ1) is 9.85. The molecule has 4 rings (SSSR count). The summed E-state index contributed by atoms with van der Waals surface area (Å²) < 4.78 is 10.8. The van der Waals surface area contributed by atoms with Crippen LogP contribution < -0.4 is 10.1 Å². The van der Waals surface area contributed by atoms with Gasteiger partial charge < -0.3 is 14.6 Å². The van der Waals surface area contributed by atoms with Gasteiger partial charge in [-0.3, -0.25) is 0 Å². The molecule has 2 saturated heterocycles. The summed E-state index contributed by atoms with van der Waals surface area (Å²) in [4.78, 5) is 4.59. The quantitative estimate of drug-likeness (QED) is 0.928. The molecule has 2 bridgehead atoms. The number of para-hydroxylation sites is 1. The van der Waals surface area contributed by atoms with Gasteiger partial charge in [-0.15, -0.1) is 0 Å². The van der Waals surface area contributed by atoms with Crippen molar-refractivity contribution in [3.8, 4) is 17.1 Å². The molecule has 5 nitrogen and oxygen atoms in total. The standard InChI is InChI=1S/C15H17N3O2/c1-19-13-5-3-2-4-10(13)14-17-15(20-18-14)11-8-9-6-7-12(11)16-9/h2-5,9,11-12,16H,6-8H2,1H3. The van der Waals surface area contributed by atoms with Crippen LogP contribution >= 0.6 is 0 Å². The van der Waals surface area contributed by atoms with Crippen LogP contribution in [-0.4, -0.2) is 29.3 Å². The lowest BCUT2D eigenvalue weighted by molar-refractivity contribution is 0.329. The normalized spacial score (nSPS) is 27.9. The van der Waals surface area contributed by atoms with Gasteiger partial charge in [0.05, 0.1) is 18.6 Å². The van der Waals surface area contributed by atoms with Crippen molar-refractivity contribution >= 4 is 0 Å². The number of hydrogen-bond acceptors (Lipinski definition) is 5. The molecule has 2 fully saturated rings. The molecule has 1 aromatic heterocycles. The van der Waals surface area contributed by atoms with E-state index in [9.17, 15) is 0 Å². The third-order valence-electron chi connectivity index (χ3n) is 4.41. The number of hydrogen-bond donors (Lipinski definition) is 1. The average Bonchev–Trinajstić information content (AvgIpc) is 3.22. The maximum Gasteiger partial charge on any atom is 0.231 e. The van der Waals surface area contributed by atoms with Crippen LogP contribution in [0.1, 0.15) is 31.1 Å². The molecule has 5 heteroatoms. The van der Waals surface area contributed by atoms with Gasteiger partial charge in [-0.05, 0) is 31.4 Å². The maximum atomic E-state index is 5.50. The number of benzene rings is 1. The number of fused-ring (bicyclic) bond motifs is 2. The first-order valence-electron chi connectivity index (χ1n) is 7.08. The zero-order valence-electron chi connectivity index (χ0n) is 11.4. The topological polar surface area (TPSA) is 60.2 Å². The fraction of sp³-hybridized carbons (Fsp3) is 0.467. The van der Waals surface area contributed by atoms with E-state index in [2.05, 4.69) is 15.5 Å². The van der Waals surface area contributed by atoms with Gasteiger partial charge in [-0.2, -0.15) is 4.98 Å². The summed E-state index contributed by atoms with van der Waals surface area (Å²) in [5.74, 6) is 2.50. The van der Waals surface area contributed by atoms with Crippen molar-refractivity contribution in [2.45, 2.75) is 37.3 Å². The zero-order valence-corrected chi connectivity index (χ0v) is 11.4. The minimum absolute atomic E-state index is 0.365. The molecule has 0 radical (unpaired) electrons. The Labute approximate surface area is 117 Å². The van der Waals surface area contributed by atoms with Crippen molar-refractivity contribution in [3.05, 3.63) is 30.2 Å². The van der Waals surface area contributed by atoms with Crippen LogP contribution in [0.5, 0.6) is 5.75 Å². The summed E-state index contributed by atoms with van der Waals surface area (Å²) in [6.07, 6.45) is 3.59. The highest BCUT2D eigenvalue weighted by molar-refractivity contribution is 5.63. The molecule has 2 aromatic rings. The number of aromatic nitrogens is 2. The summed E-state index contributed by atoms with van der Waals surface area (Å²) in [6, 6.07) is 8.88. The highest BCUT2D eigenvalue weighted by Crippen LogP contribution is 2.40.